The molecule has 1 fully saturated rings. The lowest BCUT2D eigenvalue weighted by molar-refractivity contribution is -0.123. The Morgan fingerprint density at radius 3 is 2.76 bits per heavy atom. The van der Waals surface area contributed by atoms with Gasteiger partial charge in [0.2, 0.25) is 5.95 Å². The van der Waals surface area contributed by atoms with Crippen LogP contribution in [0.3, 0.4) is 0 Å². The van der Waals surface area contributed by atoms with Crippen molar-refractivity contribution in [2.24, 2.45) is 5.92 Å². The molecule has 3 heterocycles. The molecule has 0 radical (unpaired) electrons. The number of aliphatic hydroxyl groups is 1. The monoisotopic (exact) mass is 611 g/mol. The summed E-state index contributed by atoms with van der Waals surface area (Å²) in [5.74, 6) is 0.909. The molecule has 3 aliphatic rings. The molecule has 0 bridgehead atoms. The molecule has 0 saturated heterocycles. The van der Waals surface area contributed by atoms with Gasteiger partial charge in [-0.25, -0.2) is 9.97 Å². The second-order valence-corrected chi connectivity index (χ2v) is 12.6. The summed E-state index contributed by atoms with van der Waals surface area (Å²) in [6.07, 6.45) is 5.87. The molecule has 6 rings (SSSR count). The molecule has 2 aliphatic heterocycles. The Bertz CT molecular complexity index is 1470. The summed E-state index contributed by atoms with van der Waals surface area (Å²) in [6.45, 7) is 2.72. The zero-order chi connectivity index (χ0) is 28.5. The van der Waals surface area contributed by atoms with Gasteiger partial charge in [0.25, 0.3) is 5.91 Å². The average molecular weight is 613 g/mol. The lowest BCUT2D eigenvalue weighted by Crippen LogP contribution is -2.35. The van der Waals surface area contributed by atoms with Crippen molar-refractivity contribution in [3.63, 3.8) is 0 Å². The molecule has 1 aromatic heterocycles. The highest BCUT2D eigenvalue weighted by molar-refractivity contribution is 7.99. The third-order valence-electron chi connectivity index (χ3n) is 8.08. The van der Waals surface area contributed by atoms with E-state index in [1.165, 1.54) is 22.9 Å². The number of aromatic nitrogens is 2. The number of thioether (sulfide) groups is 1. The number of ketones is 1. The number of amides is 1. The second kappa shape index (κ2) is 12.3. The van der Waals surface area contributed by atoms with Crippen LogP contribution in [0.15, 0.2) is 47.6 Å². The number of para-hydroxylation sites is 1. The van der Waals surface area contributed by atoms with Gasteiger partial charge >= 0.3 is 0 Å². The fourth-order valence-corrected chi connectivity index (χ4v) is 7.41. The Labute approximate surface area is 253 Å². The normalized spacial score (nSPS) is 20.6. The van der Waals surface area contributed by atoms with Crippen molar-refractivity contribution in [3.05, 3.63) is 69.3 Å². The predicted octanol–water partition coefficient (Wildman–Crippen LogP) is 6.11. The van der Waals surface area contributed by atoms with E-state index in [0.29, 0.717) is 56.8 Å². The smallest absolute Gasteiger partial charge is 0.263 e. The van der Waals surface area contributed by atoms with Crippen LogP contribution >= 0.6 is 35.0 Å². The van der Waals surface area contributed by atoms with Gasteiger partial charge < -0.3 is 10.4 Å². The molecule has 2 atom stereocenters. The van der Waals surface area contributed by atoms with Crippen LogP contribution in [0.4, 0.5) is 17.3 Å². The quantitative estimate of drug-likeness (QED) is 0.295. The van der Waals surface area contributed by atoms with E-state index in [-0.39, 0.29) is 17.9 Å². The summed E-state index contributed by atoms with van der Waals surface area (Å²) >= 11 is 14.1. The molecule has 0 spiro atoms. The van der Waals surface area contributed by atoms with E-state index in [2.05, 4.69) is 32.3 Å². The van der Waals surface area contributed by atoms with Gasteiger partial charge in [0, 0.05) is 37.3 Å². The first kappa shape index (κ1) is 28.4. The van der Waals surface area contributed by atoms with Crippen molar-refractivity contribution in [1.82, 2.24) is 14.9 Å². The maximum absolute atomic E-state index is 13.2. The molecule has 2 N–H and O–H groups in total. The first-order chi connectivity index (χ1) is 19.9. The Morgan fingerprint density at radius 2 is 1.98 bits per heavy atom. The zero-order valence-corrected chi connectivity index (χ0v) is 24.8. The highest BCUT2D eigenvalue weighted by Crippen LogP contribution is 2.39. The standard InChI is InChI=1S/C30H31Cl2N5O3S/c31-24-3-1-4-25(32)27(24)37-17-41-28-23(29(37)40)15-33-30(35-28)34-21-8-6-20-16-36(12-10-18(20)13-21)11-2-5-26(39)19-7-9-22(38)14-19/h1,3-4,6,8,13,15,19,22,38H,2,5,7,9-12,14,16-17H2,(H,33,34,35). The van der Waals surface area contributed by atoms with E-state index in [1.807, 2.05) is 6.07 Å². The van der Waals surface area contributed by atoms with E-state index in [0.717, 1.165) is 51.0 Å². The summed E-state index contributed by atoms with van der Waals surface area (Å²) in [6, 6.07) is 11.5. The third kappa shape index (κ3) is 6.24. The first-order valence-corrected chi connectivity index (χ1v) is 15.7. The fraction of sp³-hybridized carbons (Fsp3) is 0.400. The number of anilines is 3. The largest absolute Gasteiger partial charge is 0.393 e. The number of benzene rings is 2. The molecule has 41 heavy (non-hydrogen) atoms. The van der Waals surface area contributed by atoms with Gasteiger partial charge in [-0.1, -0.05) is 47.1 Å². The fourth-order valence-electron chi connectivity index (χ4n) is 5.87. The Morgan fingerprint density at radius 1 is 1.15 bits per heavy atom. The van der Waals surface area contributed by atoms with Crippen LogP contribution in [0, 0.1) is 5.92 Å². The predicted molar refractivity (Wildman–Crippen MR) is 162 cm³/mol. The van der Waals surface area contributed by atoms with Crippen molar-refractivity contribution in [2.45, 2.75) is 56.2 Å². The maximum atomic E-state index is 13.2. The number of fused-ring (bicyclic) bond motifs is 2. The third-order valence-corrected chi connectivity index (χ3v) is 9.66. The molecular weight excluding hydrogens is 581 g/mol. The van der Waals surface area contributed by atoms with Gasteiger partial charge in [0.1, 0.15) is 10.8 Å². The molecule has 2 unspecified atom stereocenters. The van der Waals surface area contributed by atoms with Crippen LogP contribution in [0.5, 0.6) is 0 Å². The number of Topliss-reactive ketones (excluding diaryl/α,β-unsaturated/α-hetero) is 1. The Balaban J connectivity index is 1.05. The number of aliphatic hydroxyl groups excluding tert-OH is 1. The van der Waals surface area contributed by atoms with E-state index < -0.39 is 0 Å². The second-order valence-electron chi connectivity index (χ2n) is 10.9. The van der Waals surface area contributed by atoms with Gasteiger partial charge in [-0.3, -0.25) is 19.4 Å². The van der Waals surface area contributed by atoms with Gasteiger partial charge in [0.05, 0.1) is 33.3 Å². The van der Waals surface area contributed by atoms with Crippen molar-refractivity contribution >= 4 is 64.0 Å². The van der Waals surface area contributed by atoms with Crippen molar-refractivity contribution in [2.75, 3.05) is 29.2 Å². The van der Waals surface area contributed by atoms with E-state index in [4.69, 9.17) is 23.2 Å². The minimum Gasteiger partial charge on any atom is -0.393 e. The van der Waals surface area contributed by atoms with Crippen molar-refractivity contribution in [1.29, 1.82) is 0 Å². The summed E-state index contributed by atoms with van der Waals surface area (Å²) in [4.78, 5) is 38.6. The van der Waals surface area contributed by atoms with Crippen molar-refractivity contribution < 1.29 is 14.7 Å². The van der Waals surface area contributed by atoms with Crippen molar-refractivity contribution in [3.8, 4) is 0 Å². The molecule has 3 aromatic rings. The van der Waals surface area contributed by atoms with Gasteiger partial charge in [-0.05, 0) is 74.0 Å². The van der Waals surface area contributed by atoms with Crippen LogP contribution < -0.4 is 10.2 Å². The molecule has 11 heteroatoms. The number of hydrogen-bond acceptors (Lipinski definition) is 8. The molecule has 1 saturated carbocycles. The molecule has 214 valence electrons. The maximum Gasteiger partial charge on any atom is 0.263 e. The van der Waals surface area contributed by atoms with Gasteiger partial charge in [0.15, 0.2) is 0 Å². The van der Waals surface area contributed by atoms with E-state index in [9.17, 15) is 14.7 Å². The van der Waals surface area contributed by atoms with Crippen LogP contribution in [0.1, 0.15) is 53.6 Å². The van der Waals surface area contributed by atoms with Crippen LogP contribution in [-0.4, -0.2) is 56.7 Å². The van der Waals surface area contributed by atoms with E-state index >= 15 is 0 Å². The SMILES string of the molecule is O=C(CCCN1CCc2cc(Nc3ncc4c(n3)SCN(c3c(Cl)cccc3Cl)C4=O)ccc2C1)C1CCC(O)C1. The van der Waals surface area contributed by atoms with Crippen LogP contribution in [0.25, 0.3) is 0 Å². The average Bonchev–Trinajstić information content (AvgIpc) is 3.40. The number of halogens is 2. The summed E-state index contributed by atoms with van der Waals surface area (Å²) in [5.41, 5.74) is 4.39. The summed E-state index contributed by atoms with van der Waals surface area (Å²) in [5, 5.41) is 14.4. The molecule has 1 amide bonds. The minimum atomic E-state index is -0.296. The number of rotatable bonds is 8. The number of nitrogens with zero attached hydrogens (tertiary/aromatic N) is 4. The Hall–Kier alpha value is -2.69. The minimum absolute atomic E-state index is 0.0540. The summed E-state index contributed by atoms with van der Waals surface area (Å²) < 4.78 is 0. The summed E-state index contributed by atoms with van der Waals surface area (Å²) in [7, 11) is 0. The molecule has 8 nitrogen and oxygen atoms in total. The highest BCUT2D eigenvalue weighted by Gasteiger charge is 2.31. The lowest BCUT2D eigenvalue weighted by atomic mass is 9.97. The van der Waals surface area contributed by atoms with Gasteiger partial charge in [-0.15, -0.1) is 0 Å². The Kier molecular flexibility index (Phi) is 8.51. The lowest BCUT2D eigenvalue weighted by Gasteiger charge is -2.29. The van der Waals surface area contributed by atoms with Gasteiger partial charge in [-0.2, -0.15) is 0 Å². The zero-order valence-electron chi connectivity index (χ0n) is 22.5. The topological polar surface area (TPSA) is 98.7 Å². The number of hydrogen-bond donors (Lipinski definition) is 2. The molecular formula is C30H31Cl2N5O3S. The first-order valence-electron chi connectivity index (χ1n) is 13.9. The van der Waals surface area contributed by atoms with Crippen LogP contribution in [-0.2, 0) is 17.8 Å². The van der Waals surface area contributed by atoms with E-state index in [1.54, 1.807) is 29.3 Å². The highest BCUT2D eigenvalue weighted by atomic mass is 35.5. The number of nitrogens with one attached hydrogen (secondary N) is 1. The molecule has 2 aromatic carbocycles. The number of carbonyl (C=O) groups excluding carboxylic acids is 2. The van der Waals surface area contributed by atoms with Crippen LogP contribution in [0.2, 0.25) is 10.0 Å². The molecule has 1 aliphatic carbocycles. The number of carbonyl (C=O) groups is 2.